The van der Waals surface area contributed by atoms with Crippen LogP contribution in [0.1, 0.15) is 5.56 Å². The maximum atomic E-state index is 11.2. The van der Waals surface area contributed by atoms with Gasteiger partial charge in [-0.25, -0.2) is 4.98 Å². The van der Waals surface area contributed by atoms with Crippen molar-refractivity contribution in [2.75, 3.05) is 25.6 Å². The van der Waals surface area contributed by atoms with Crippen molar-refractivity contribution in [3.63, 3.8) is 0 Å². The number of carbonyl (C=O) groups is 1. The molecule has 1 N–H and O–H groups in total. The Kier molecular flexibility index (Phi) is 2.99. The molecular formula is C12H15N3O2. The highest BCUT2D eigenvalue weighted by atomic mass is 16.5. The normalized spacial score (nSPS) is 10.5. The van der Waals surface area contributed by atoms with Gasteiger partial charge in [-0.1, -0.05) is 6.07 Å². The fraction of sp³-hybridized carbons (Fsp3) is 0.333. The summed E-state index contributed by atoms with van der Waals surface area (Å²) >= 11 is 0. The number of imidazole rings is 1. The third-order valence-corrected chi connectivity index (χ3v) is 2.58. The molecule has 1 aromatic heterocycles. The van der Waals surface area contributed by atoms with Crippen molar-refractivity contribution >= 4 is 23.0 Å². The summed E-state index contributed by atoms with van der Waals surface area (Å²) in [5, 5.41) is 0. The van der Waals surface area contributed by atoms with Crippen LogP contribution in [0, 0.1) is 6.92 Å². The van der Waals surface area contributed by atoms with E-state index in [1.165, 1.54) is 12.7 Å². The van der Waals surface area contributed by atoms with Crippen LogP contribution in [0.25, 0.3) is 11.0 Å². The molecular weight excluding hydrogens is 218 g/mol. The predicted octanol–water partition coefficient (Wildman–Crippen LogP) is 1.48. The van der Waals surface area contributed by atoms with Crippen LogP contribution in [-0.4, -0.2) is 36.6 Å². The minimum Gasteiger partial charge on any atom is -0.468 e. The zero-order chi connectivity index (χ0) is 12.4. The van der Waals surface area contributed by atoms with E-state index >= 15 is 0 Å². The van der Waals surface area contributed by atoms with Crippen LogP contribution in [0.3, 0.4) is 0 Å². The maximum Gasteiger partial charge on any atom is 0.325 e. The lowest BCUT2D eigenvalue weighted by atomic mass is 10.2. The van der Waals surface area contributed by atoms with Gasteiger partial charge in [0, 0.05) is 7.05 Å². The Balaban J connectivity index is 2.27. The molecule has 17 heavy (non-hydrogen) atoms. The second-order valence-electron chi connectivity index (χ2n) is 4.01. The number of hydrogen-bond acceptors (Lipinski definition) is 4. The van der Waals surface area contributed by atoms with Crippen molar-refractivity contribution in [1.82, 2.24) is 9.97 Å². The Morgan fingerprint density at radius 3 is 3.00 bits per heavy atom. The molecule has 0 bridgehead atoms. The third kappa shape index (κ3) is 2.38. The highest BCUT2D eigenvalue weighted by Crippen LogP contribution is 2.17. The molecule has 0 radical (unpaired) electrons. The number of hydrogen-bond donors (Lipinski definition) is 1. The van der Waals surface area contributed by atoms with Gasteiger partial charge in [-0.2, -0.15) is 0 Å². The minimum atomic E-state index is -0.288. The molecule has 5 heteroatoms. The van der Waals surface area contributed by atoms with Crippen molar-refractivity contribution in [2.24, 2.45) is 0 Å². The number of nitrogens with one attached hydrogen (secondary N) is 1. The number of rotatable bonds is 3. The number of methoxy groups -OCH3 is 1. The summed E-state index contributed by atoms with van der Waals surface area (Å²) in [6.45, 7) is 2.20. The van der Waals surface area contributed by atoms with Gasteiger partial charge in [0.2, 0.25) is 5.95 Å². The van der Waals surface area contributed by atoms with Gasteiger partial charge in [0.05, 0.1) is 18.1 Å². The summed E-state index contributed by atoms with van der Waals surface area (Å²) in [4.78, 5) is 20.5. The number of nitrogens with zero attached hydrogens (tertiary/aromatic N) is 2. The van der Waals surface area contributed by atoms with E-state index in [9.17, 15) is 4.79 Å². The molecule has 1 aromatic carbocycles. The second kappa shape index (κ2) is 4.45. The van der Waals surface area contributed by atoms with E-state index < -0.39 is 0 Å². The number of fused-ring (bicyclic) bond motifs is 1. The van der Waals surface area contributed by atoms with Crippen LogP contribution in [0.4, 0.5) is 5.95 Å². The summed E-state index contributed by atoms with van der Waals surface area (Å²) in [5.41, 5.74) is 3.03. The first kappa shape index (κ1) is 11.4. The largest absolute Gasteiger partial charge is 0.468 e. The van der Waals surface area contributed by atoms with Crippen LogP contribution in [0.15, 0.2) is 18.2 Å². The fourth-order valence-corrected chi connectivity index (χ4v) is 1.62. The summed E-state index contributed by atoms with van der Waals surface area (Å²) in [5.74, 6) is 0.375. The van der Waals surface area contributed by atoms with Crippen LogP contribution < -0.4 is 4.90 Å². The Bertz CT molecular complexity index is 548. The van der Waals surface area contributed by atoms with E-state index in [1.807, 2.05) is 25.1 Å². The molecule has 0 atom stereocenters. The van der Waals surface area contributed by atoms with Gasteiger partial charge >= 0.3 is 5.97 Å². The average Bonchev–Trinajstić information content (AvgIpc) is 2.71. The average molecular weight is 233 g/mol. The molecule has 2 aromatic rings. The monoisotopic (exact) mass is 233 g/mol. The van der Waals surface area contributed by atoms with E-state index in [-0.39, 0.29) is 12.5 Å². The standard InChI is InChI=1S/C12H15N3O2/c1-8-4-5-9-10(6-8)14-12(13-9)15(2)7-11(16)17-3/h4-6H,7H2,1-3H3,(H,13,14). The number of aromatic nitrogens is 2. The first-order chi connectivity index (χ1) is 8.10. The van der Waals surface area contributed by atoms with E-state index in [0.717, 1.165) is 11.0 Å². The van der Waals surface area contributed by atoms with Crippen LogP contribution >= 0.6 is 0 Å². The number of esters is 1. The lowest BCUT2D eigenvalue weighted by molar-refractivity contribution is -0.138. The van der Waals surface area contributed by atoms with E-state index in [0.29, 0.717) is 5.95 Å². The first-order valence-corrected chi connectivity index (χ1v) is 5.34. The van der Waals surface area contributed by atoms with Gasteiger partial charge in [-0.3, -0.25) is 4.79 Å². The molecule has 0 amide bonds. The molecule has 1 heterocycles. The number of H-pyrrole nitrogens is 1. The summed E-state index contributed by atoms with van der Waals surface area (Å²) < 4.78 is 4.61. The second-order valence-corrected chi connectivity index (χ2v) is 4.01. The van der Waals surface area contributed by atoms with Gasteiger partial charge in [-0.15, -0.1) is 0 Å². The number of ether oxygens (including phenoxy) is 1. The smallest absolute Gasteiger partial charge is 0.325 e. The molecule has 5 nitrogen and oxygen atoms in total. The topological polar surface area (TPSA) is 58.2 Å². The number of likely N-dealkylation sites (N-methyl/N-ethyl adjacent to an activating group) is 1. The number of anilines is 1. The number of carbonyl (C=O) groups excluding carboxylic acids is 1. The van der Waals surface area contributed by atoms with Crippen molar-refractivity contribution in [3.8, 4) is 0 Å². The quantitative estimate of drug-likeness (QED) is 0.816. The van der Waals surface area contributed by atoms with Crippen molar-refractivity contribution in [3.05, 3.63) is 23.8 Å². The van der Waals surface area contributed by atoms with Gasteiger partial charge < -0.3 is 14.6 Å². The third-order valence-electron chi connectivity index (χ3n) is 2.58. The molecule has 0 aliphatic carbocycles. The zero-order valence-electron chi connectivity index (χ0n) is 10.2. The summed E-state index contributed by atoms with van der Waals surface area (Å²) in [6, 6.07) is 5.99. The Morgan fingerprint density at radius 2 is 2.29 bits per heavy atom. The Hall–Kier alpha value is -2.04. The van der Waals surface area contributed by atoms with Crippen LogP contribution in [-0.2, 0) is 9.53 Å². The van der Waals surface area contributed by atoms with Gasteiger partial charge in [0.15, 0.2) is 0 Å². The molecule has 2 rings (SSSR count). The highest BCUT2D eigenvalue weighted by molar-refractivity contribution is 5.80. The molecule has 0 saturated heterocycles. The Labute approximate surface area is 99.4 Å². The molecule has 0 fully saturated rings. The number of benzene rings is 1. The van der Waals surface area contributed by atoms with Gasteiger partial charge in [-0.05, 0) is 24.6 Å². The molecule has 90 valence electrons. The lowest BCUT2D eigenvalue weighted by Gasteiger charge is -2.13. The zero-order valence-corrected chi connectivity index (χ0v) is 10.2. The van der Waals surface area contributed by atoms with Gasteiger partial charge in [0.25, 0.3) is 0 Å². The molecule has 0 saturated carbocycles. The maximum absolute atomic E-state index is 11.2. The number of aryl methyl sites for hydroxylation is 1. The molecule has 0 spiro atoms. The lowest BCUT2D eigenvalue weighted by Crippen LogP contribution is -2.27. The molecule has 0 unspecified atom stereocenters. The predicted molar refractivity (Wildman–Crippen MR) is 66.1 cm³/mol. The minimum absolute atomic E-state index is 0.176. The first-order valence-electron chi connectivity index (χ1n) is 5.34. The van der Waals surface area contributed by atoms with Crippen molar-refractivity contribution < 1.29 is 9.53 Å². The highest BCUT2D eigenvalue weighted by Gasteiger charge is 2.11. The van der Waals surface area contributed by atoms with E-state index in [2.05, 4.69) is 14.7 Å². The molecule has 0 aliphatic rings. The van der Waals surface area contributed by atoms with E-state index in [4.69, 9.17) is 0 Å². The van der Waals surface area contributed by atoms with E-state index in [1.54, 1.807) is 11.9 Å². The van der Waals surface area contributed by atoms with Crippen molar-refractivity contribution in [2.45, 2.75) is 6.92 Å². The Morgan fingerprint density at radius 1 is 1.53 bits per heavy atom. The fourth-order valence-electron chi connectivity index (χ4n) is 1.62. The summed E-state index contributed by atoms with van der Waals surface area (Å²) in [6.07, 6.45) is 0. The van der Waals surface area contributed by atoms with Crippen molar-refractivity contribution in [1.29, 1.82) is 0 Å². The van der Waals surface area contributed by atoms with Crippen LogP contribution in [0.2, 0.25) is 0 Å². The SMILES string of the molecule is COC(=O)CN(C)c1nc2ccc(C)cc2[nH]1. The molecule has 0 aliphatic heterocycles. The van der Waals surface area contributed by atoms with Crippen LogP contribution in [0.5, 0.6) is 0 Å². The van der Waals surface area contributed by atoms with Gasteiger partial charge in [0.1, 0.15) is 6.54 Å². The summed E-state index contributed by atoms with van der Waals surface area (Å²) in [7, 11) is 3.17. The number of aromatic amines is 1.